The zero-order valence-corrected chi connectivity index (χ0v) is 19.9. The number of hydrogen-bond donors (Lipinski definition) is 0. The second-order valence-electron chi connectivity index (χ2n) is 8.85. The first-order valence-electron chi connectivity index (χ1n) is 11.0. The number of benzene rings is 2. The molecule has 1 unspecified atom stereocenters. The van der Waals surface area contributed by atoms with Gasteiger partial charge in [-0.3, -0.25) is 19.4 Å². The normalized spacial score (nSPS) is 15.9. The number of carbonyl (C=O) groups is 1. The number of aromatic nitrogens is 3. The van der Waals surface area contributed by atoms with E-state index in [-0.39, 0.29) is 22.5 Å². The smallest absolute Gasteiger partial charge is 0.280 e. The highest BCUT2D eigenvalue weighted by atomic mass is 35.5. The van der Waals surface area contributed by atoms with Crippen molar-refractivity contribution in [3.8, 4) is 11.1 Å². The number of nitrogens with zero attached hydrogens (tertiary/aromatic N) is 4. The SMILES string of the molecule is CC(C)c1c2c(nn1Cc1ccccn1)C(=O)N1c3c(ccc(Cl)c3F)-c3cc(Cl)ccc3C21. The van der Waals surface area contributed by atoms with Crippen LogP contribution in [0.3, 0.4) is 0 Å². The van der Waals surface area contributed by atoms with Crippen molar-refractivity contribution in [2.75, 3.05) is 4.90 Å². The molecule has 1 amide bonds. The van der Waals surface area contributed by atoms with Gasteiger partial charge in [-0.25, -0.2) is 4.39 Å². The molecule has 4 aromatic rings. The van der Waals surface area contributed by atoms with Gasteiger partial charge in [0, 0.05) is 28.0 Å². The Hall–Kier alpha value is -3.22. The van der Waals surface area contributed by atoms with Crippen molar-refractivity contribution in [3.05, 3.63) is 98.8 Å². The monoisotopic (exact) mass is 492 g/mol. The van der Waals surface area contributed by atoms with E-state index in [0.717, 1.165) is 28.1 Å². The van der Waals surface area contributed by atoms with E-state index in [4.69, 9.17) is 28.3 Å². The number of fused-ring (bicyclic) bond motifs is 8. The van der Waals surface area contributed by atoms with E-state index < -0.39 is 11.9 Å². The van der Waals surface area contributed by atoms with Crippen molar-refractivity contribution in [3.63, 3.8) is 0 Å². The summed E-state index contributed by atoms with van der Waals surface area (Å²) in [6, 6.07) is 14.0. The molecule has 4 heterocycles. The Kier molecular flexibility index (Phi) is 4.80. The zero-order chi connectivity index (χ0) is 23.7. The highest BCUT2D eigenvalue weighted by Crippen LogP contribution is 2.54. The molecule has 0 spiro atoms. The van der Waals surface area contributed by atoms with Crippen LogP contribution in [0.15, 0.2) is 54.7 Å². The number of rotatable bonds is 3. The van der Waals surface area contributed by atoms with Crippen LogP contribution >= 0.6 is 23.2 Å². The second-order valence-corrected chi connectivity index (χ2v) is 9.69. The van der Waals surface area contributed by atoms with Crippen molar-refractivity contribution in [2.45, 2.75) is 32.4 Å². The van der Waals surface area contributed by atoms with Gasteiger partial charge in [0.2, 0.25) is 0 Å². The van der Waals surface area contributed by atoms with E-state index >= 15 is 4.39 Å². The van der Waals surface area contributed by atoms with Crippen LogP contribution in [-0.4, -0.2) is 20.7 Å². The fraction of sp³-hybridized carbons (Fsp3) is 0.192. The van der Waals surface area contributed by atoms with Crippen molar-refractivity contribution in [1.29, 1.82) is 0 Å². The quantitative estimate of drug-likeness (QED) is 0.322. The predicted molar refractivity (Wildman–Crippen MR) is 130 cm³/mol. The molecule has 170 valence electrons. The Morgan fingerprint density at radius 1 is 1.09 bits per heavy atom. The number of amides is 1. The lowest BCUT2D eigenvalue weighted by molar-refractivity contribution is 0.0986. The van der Waals surface area contributed by atoms with Gasteiger partial charge >= 0.3 is 0 Å². The summed E-state index contributed by atoms with van der Waals surface area (Å²) in [5.41, 5.74) is 5.31. The van der Waals surface area contributed by atoms with Gasteiger partial charge in [-0.05, 0) is 47.4 Å². The Balaban J connectivity index is 1.62. The van der Waals surface area contributed by atoms with E-state index in [1.54, 1.807) is 18.3 Å². The molecule has 5 nitrogen and oxygen atoms in total. The summed E-state index contributed by atoms with van der Waals surface area (Å²) in [7, 11) is 0. The third-order valence-corrected chi connectivity index (χ3v) is 7.00. The molecule has 0 N–H and O–H groups in total. The molecule has 0 aliphatic carbocycles. The lowest BCUT2D eigenvalue weighted by atomic mass is 9.85. The second kappa shape index (κ2) is 7.65. The molecule has 0 bridgehead atoms. The van der Waals surface area contributed by atoms with Crippen LogP contribution < -0.4 is 4.90 Å². The summed E-state index contributed by atoms with van der Waals surface area (Å²) in [5, 5.41) is 5.23. The van der Waals surface area contributed by atoms with Gasteiger partial charge in [-0.1, -0.05) is 55.2 Å². The van der Waals surface area contributed by atoms with Crippen LogP contribution in [0, 0.1) is 5.82 Å². The third kappa shape index (κ3) is 2.95. The minimum atomic E-state index is -0.624. The molecule has 2 aliphatic rings. The van der Waals surface area contributed by atoms with Crippen LogP contribution in [0.5, 0.6) is 0 Å². The van der Waals surface area contributed by atoms with Gasteiger partial charge in [-0.2, -0.15) is 5.10 Å². The van der Waals surface area contributed by atoms with Crippen LogP contribution in [0.1, 0.15) is 58.8 Å². The van der Waals surface area contributed by atoms with E-state index in [2.05, 4.69) is 18.8 Å². The Morgan fingerprint density at radius 3 is 2.65 bits per heavy atom. The largest absolute Gasteiger partial charge is 0.292 e. The van der Waals surface area contributed by atoms with Crippen molar-refractivity contribution in [2.24, 2.45) is 0 Å². The van der Waals surface area contributed by atoms with Crippen molar-refractivity contribution >= 4 is 34.8 Å². The fourth-order valence-corrected chi connectivity index (χ4v) is 5.49. The molecule has 0 radical (unpaired) electrons. The Bertz CT molecular complexity index is 1480. The average molecular weight is 493 g/mol. The van der Waals surface area contributed by atoms with E-state index in [1.165, 1.54) is 11.0 Å². The summed E-state index contributed by atoms with van der Waals surface area (Å²) < 4.78 is 17.3. The van der Waals surface area contributed by atoms with Gasteiger partial charge in [0.15, 0.2) is 11.5 Å². The highest BCUT2D eigenvalue weighted by Gasteiger charge is 2.49. The van der Waals surface area contributed by atoms with Gasteiger partial charge in [0.05, 0.1) is 29.0 Å². The molecule has 2 aromatic heterocycles. The minimum Gasteiger partial charge on any atom is -0.292 e. The van der Waals surface area contributed by atoms with E-state index in [0.29, 0.717) is 22.8 Å². The molecular weight excluding hydrogens is 474 g/mol. The maximum absolute atomic E-state index is 15.5. The number of anilines is 1. The average Bonchev–Trinajstić information content (AvgIpc) is 3.31. The molecule has 1 atom stereocenters. The summed E-state index contributed by atoms with van der Waals surface area (Å²) in [6.07, 6.45) is 1.74. The summed E-state index contributed by atoms with van der Waals surface area (Å²) in [4.78, 5) is 19.7. The summed E-state index contributed by atoms with van der Waals surface area (Å²) in [5.74, 6) is -0.903. The highest BCUT2D eigenvalue weighted by molar-refractivity contribution is 6.32. The lowest BCUT2D eigenvalue weighted by Gasteiger charge is -2.35. The third-order valence-electron chi connectivity index (χ3n) is 6.48. The van der Waals surface area contributed by atoms with Crippen LogP contribution in [0.4, 0.5) is 10.1 Å². The summed E-state index contributed by atoms with van der Waals surface area (Å²) in [6.45, 7) is 4.57. The van der Waals surface area contributed by atoms with E-state index in [9.17, 15) is 4.79 Å². The number of pyridine rings is 1. The lowest BCUT2D eigenvalue weighted by Crippen LogP contribution is -2.34. The summed E-state index contributed by atoms with van der Waals surface area (Å²) >= 11 is 12.5. The standard InChI is InChI=1S/C26H19Cl2FN4O/c1-13(2)23-20-22(31-32(23)12-15-5-3-4-10-30-15)26(34)33-24(20)16-7-6-14(27)11-18(16)17-8-9-19(28)21(29)25(17)33/h3-11,13,24H,12H2,1-2H3. The molecule has 6 rings (SSSR count). The Morgan fingerprint density at radius 2 is 1.91 bits per heavy atom. The predicted octanol–water partition coefficient (Wildman–Crippen LogP) is 6.63. The van der Waals surface area contributed by atoms with E-state index in [1.807, 2.05) is 35.0 Å². The molecule has 34 heavy (non-hydrogen) atoms. The van der Waals surface area contributed by atoms with Crippen molar-refractivity contribution < 1.29 is 9.18 Å². The van der Waals surface area contributed by atoms with Crippen LogP contribution in [0.25, 0.3) is 11.1 Å². The molecule has 2 aliphatic heterocycles. The Labute approximate surface area is 205 Å². The van der Waals surface area contributed by atoms with Gasteiger partial charge < -0.3 is 0 Å². The van der Waals surface area contributed by atoms with Gasteiger partial charge in [-0.15, -0.1) is 0 Å². The first kappa shape index (κ1) is 21.3. The first-order chi connectivity index (χ1) is 16.4. The number of carbonyl (C=O) groups excluding carboxylic acids is 1. The van der Waals surface area contributed by atoms with Gasteiger partial charge in [0.1, 0.15) is 0 Å². The minimum absolute atomic E-state index is 0.0374. The van der Waals surface area contributed by atoms with Crippen LogP contribution in [0.2, 0.25) is 10.0 Å². The molecule has 0 saturated heterocycles. The van der Waals surface area contributed by atoms with Gasteiger partial charge in [0.25, 0.3) is 5.91 Å². The molecule has 0 saturated carbocycles. The number of hydrogen-bond acceptors (Lipinski definition) is 3. The number of halogens is 3. The van der Waals surface area contributed by atoms with Crippen LogP contribution in [-0.2, 0) is 6.54 Å². The molecular formula is C26H19Cl2FN4O. The maximum atomic E-state index is 15.5. The molecule has 2 aromatic carbocycles. The zero-order valence-electron chi connectivity index (χ0n) is 18.4. The fourth-order valence-electron chi connectivity index (χ4n) is 5.17. The molecule has 0 fully saturated rings. The molecule has 8 heteroatoms. The van der Waals surface area contributed by atoms with Crippen molar-refractivity contribution in [1.82, 2.24) is 14.8 Å². The maximum Gasteiger partial charge on any atom is 0.280 e. The topological polar surface area (TPSA) is 51.0 Å². The first-order valence-corrected chi connectivity index (χ1v) is 11.7.